The molecule has 100 valence electrons. The first kappa shape index (κ1) is 13.4. The Hall–Kier alpha value is -1.02. The second-order valence-electron chi connectivity index (χ2n) is 5.12. The van der Waals surface area contributed by atoms with Crippen molar-refractivity contribution in [2.45, 2.75) is 58.1 Å². The summed E-state index contributed by atoms with van der Waals surface area (Å²) in [6.07, 6.45) is 8.25. The standard InChI is InChI=1S/C16H25NO/c1-2-17-13-14-9-7-8-12-16(14)18-15-10-5-3-4-6-11-15/h7-9,12,15,17H,2-6,10-11,13H2,1H3. The predicted octanol–water partition coefficient (Wildman–Crippen LogP) is 3.90. The number of benzene rings is 1. The van der Waals surface area contributed by atoms with Gasteiger partial charge in [0.05, 0.1) is 6.10 Å². The number of para-hydroxylation sites is 1. The molecule has 1 N–H and O–H groups in total. The highest BCUT2D eigenvalue weighted by molar-refractivity contribution is 5.33. The molecular weight excluding hydrogens is 222 g/mol. The van der Waals surface area contributed by atoms with Gasteiger partial charge in [-0.25, -0.2) is 0 Å². The maximum Gasteiger partial charge on any atom is 0.124 e. The Morgan fingerprint density at radius 2 is 1.83 bits per heavy atom. The molecule has 0 radical (unpaired) electrons. The highest BCUT2D eigenvalue weighted by atomic mass is 16.5. The van der Waals surface area contributed by atoms with Crippen LogP contribution >= 0.6 is 0 Å². The van der Waals surface area contributed by atoms with Crippen LogP contribution in [0.15, 0.2) is 24.3 Å². The molecule has 1 fully saturated rings. The molecule has 18 heavy (non-hydrogen) atoms. The summed E-state index contributed by atoms with van der Waals surface area (Å²) in [5.41, 5.74) is 1.28. The smallest absolute Gasteiger partial charge is 0.124 e. The van der Waals surface area contributed by atoms with E-state index in [1.165, 1.54) is 44.1 Å². The SMILES string of the molecule is CCNCc1ccccc1OC1CCCCCC1. The van der Waals surface area contributed by atoms with E-state index in [0.717, 1.165) is 18.8 Å². The summed E-state index contributed by atoms with van der Waals surface area (Å²) in [4.78, 5) is 0. The van der Waals surface area contributed by atoms with E-state index in [2.05, 4.69) is 36.5 Å². The quantitative estimate of drug-likeness (QED) is 0.797. The fraction of sp³-hybridized carbons (Fsp3) is 0.625. The number of hydrogen-bond acceptors (Lipinski definition) is 2. The first-order valence-corrected chi connectivity index (χ1v) is 7.35. The van der Waals surface area contributed by atoms with Crippen LogP contribution < -0.4 is 10.1 Å². The summed E-state index contributed by atoms with van der Waals surface area (Å²) in [5.74, 6) is 1.07. The minimum Gasteiger partial charge on any atom is -0.490 e. The normalized spacial score (nSPS) is 17.4. The Morgan fingerprint density at radius 1 is 1.11 bits per heavy atom. The van der Waals surface area contributed by atoms with Gasteiger partial charge in [-0.2, -0.15) is 0 Å². The van der Waals surface area contributed by atoms with Crippen molar-refractivity contribution < 1.29 is 4.74 Å². The molecule has 0 unspecified atom stereocenters. The summed E-state index contributed by atoms with van der Waals surface area (Å²) in [7, 11) is 0. The van der Waals surface area contributed by atoms with Crippen LogP contribution in [0.4, 0.5) is 0 Å². The molecule has 1 aliphatic carbocycles. The molecule has 0 heterocycles. The van der Waals surface area contributed by atoms with Crippen LogP contribution in [0.2, 0.25) is 0 Å². The molecular formula is C16H25NO. The van der Waals surface area contributed by atoms with Crippen LogP contribution in [0.3, 0.4) is 0 Å². The molecule has 0 atom stereocenters. The zero-order valence-electron chi connectivity index (χ0n) is 11.5. The van der Waals surface area contributed by atoms with Crippen molar-refractivity contribution in [2.75, 3.05) is 6.54 Å². The molecule has 0 aromatic heterocycles. The van der Waals surface area contributed by atoms with Gasteiger partial charge in [0.25, 0.3) is 0 Å². The summed E-state index contributed by atoms with van der Waals surface area (Å²) in [5, 5.41) is 3.37. The zero-order chi connectivity index (χ0) is 12.6. The first-order valence-electron chi connectivity index (χ1n) is 7.35. The molecule has 2 heteroatoms. The van der Waals surface area contributed by atoms with Crippen molar-refractivity contribution >= 4 is 0 Å². The largest absolute Gasteiger partial charge is 0.490 e. The van der Waals surface area contributed by atoms with Crippen LogP contribution in [0, 0.1) is 0 Å². The number of hydrogen-bond donors (Lipinski definition) is 1. The van der Waals surface area contributed by atoms with Crippen LogP contribution in [-0.2, 0) is 6.54 Å². The van der Waals surface area contributed by atoms with E-state index in [9.17, 15) is 0 Å². The third-order valence-corrected chi connectivity index (χ3v) is 3.63. The van der Waals surface area contributed by atoms with Crippen molar-refractivity contribution in [1.82, 2.24) is 5.32 Å². The molecule has 1 aromatic carbocycles. The lowest BCUT2D eigenvalue weighted by Gasteiger charge is -2.19. The molecule has 0 amide bonds. The van der Waals surface area contributed by atoms with Crippen LogP contribution in [0.5, 0.6) is 5.75 Å². The minimum atomic E-state index is 0.426. The predicted molar refractivity (Wildman–Crippen MR) is 75.9 cm³/mol. The van der Waals surface area contributed by atoms with E-state index in [4.69, 9.17) is 4.74 Å². The van der Waals surface area contributed by atoms with Crippen LogP contribution in [0.1, 0.15) is 51.0 Å². The van der Waals surface area contributed by atoms with Crippen molar-refractivity contribution in [1.29, 1.82) is 0 Å². The van der Waals surface area contributed by atoms with Crippen molar-refractivity contribution in [3.05, 3.63) is 29.8 Å². The highest BCUT2D eigenvalue weighted by Crippen LogP contribution is 2.25. The molecule has 0 aliphatic heterocycles. The summed E-state index contributed by atoms with van der Waals surface area (Å²) < 4.78 is 6.22. The van der Waals surface area contributed by atoms with E-state index in [1.54, 1.807) is 0 Å². The van der Waals surface area contributed by atoms with E-state index in [1.807, 2.05) is 0 Å². The molecule has 0 bridgehead atoms. The lowest BCUT2D eigenvalue weighted by Crippen LogP contribution is -2.18. The van der Waals surface area contributed by atoms with Crippen LogP contribution in [-0.4, -0.2) is 12.6 Å². The number of rotatable bonds is 5. The monoisotopic (exact) mass is 247 g/mol. The highest BCUT2D eigenvalue weighted by Gasteiger charge is 2.14. The number of nitrogens with one attached hydrogen (secondary N) is 1. The van der Waals surface area contributed by atoms with Gasteiger partial charge in [-0.3, -0.25) is 0 Å². The van der Waals surface area contributed by atoms with Gasteiger partial charge in [0.2, 0.25) is 0 Å². The van der Waals surface area contributed by atoms with E-state index < -0.39 is 0 Å². The van der Waals surface area contributed by atoms with Gasteiger partial charge in [0, 0.05) is 12.1 Å². The average Bonchev–Trinajstić information content (AvgIpc) is 2.66. The molecule has 1 aromatic rings. The van der Waals surface area contributed by atoms with Gasteiger partial charge >= 0.3 is 0 Å². The average molecular weight is 247 g/mol. The van der Waals surface area contributed by atoms with Gasteiger partial charge in [-0.15, -0.1) is 0 Å². The second-order valence-corrected chi connectivity index (χ2v) is 5.12. The van der Waals surface area contributed by atoms with E-state index >= 15 is 0 Å². The van der Waals surface area contributed by atoms with Crippen molar-refractivity contribution in [3.8, 4) is 5.75 Å². The Balaban J connectivity index is 1.98. The fourth-order valence-corrected chi connectivity index (χ4v) is 2.56. The lowest BCUT2D eigenvalue weighted by molar-refractivity contribution is 0.181. The summed E-state index contributed by atoms with van der Waals surface area (Å²) in [6.45, 7) is 4.03. The summed E-state index contributed by atoms with van der Waals surface area (Å²) >= 11 is 0. The molecule has 1 aliphatic rings. The third-order valence-electron chi connectivity index (χ3n) is 3.63. The molecule has 0 spiro atoms. The molecule has 2 rings (SSSR count). The zero-order valence-corrected chi connectivity index (χ0v) is 11.5. The summed E-state index contributed by atoms with van der Waals surface area (Å²) in [6, 6.07) is 8.43. The molecule has 1 saturated carbocycles. The Kier molecular flexibility index (Phi) is 5.53. The fourth-order valence-electron chi connectivity index (χ4n) is 2.56. The maximum absolute atomic E-state index is 6.22. The second kappa shape index (κ2) is 7.42. The Labute approximate surface area is 111 Å². The Bertz CT molecular complexity index is 343. The molecule has 0 saturated heterocycles. The van der Waals surface area contributed by atoms with Gasteiger partial charge in [-0.05, 0) is 38.3 Å². The number of ether oxygens (including phenoxy) is 1. The van der Waals surface area contributed by atoms with Crippen molar-refractivity contribution in [3.63, 3.8) is 0 Å². The lowest BCUT2D eigenvalue weighted by atomic mass is 10.1. The van der Waals surface area contributed by atoms with Gasteiger partial charge in [0.15, 0.2) is 0 Å². The van der Waals surface area contributed by atoms with Gasteiger partial charge in [0.1, 0.15) is 5.75 Å². The maximum atomic E-state index is 6.22. The third kappa shape index (κ3) is 4.02. The van der Waals surface area contributed by atoms with Crippen molar-refractivity contribution in [2.24, 2.45) is 0 Å². The van der Waals surface area contributed by atoms with Gasteiger partial charge in [-0.1, -0.05) is 38.0 Å². The van der Waals surface area contributed by atoms with Crippen LogP contribution in [0.25, 0.3) is 0 Å². The van der Waals surface area contributed by atoms with E-state index in [-0.39, 0.29) is 0 Å². The van der Waals surface area contributed by atoms with E-state index in [0.29, 0.717) is 6.10 Å². The minimum absolute atomic E-state index is 0.426. The van der Waals surface area contributed by atoms with Gasteiger partial charge < -0.3 is 10.1 Å². The molecule has 2 nitrogen and oxygen atoms in total. The first-order chi connectivity index (χ1) is 8.90. The Morgan fingerprint density at radius 3 is 2.56 bits per heavy atom. The topological polar surface area (TPSA) is 21.3 Å².